The Balaban J connectivity index is 4.16. The maximum atomic E-state index is 12.9. The van der Waals surface area contributed by atoms with Gasteiger partial charge in [-0.15, -0.1) is 0 Å². The molecule has 0 spiro atoms. The van der Waals surface area contributed by atoms with Gasteiger partial charge in [-0.1, -0.05) is 309 Å². The monoisotopic (exact) mass is 1200 g/mol. The minimum Gasteiger partial charge on any atom is -0.756 e. The number of quaternary nitrogens is 1. The van der Waals surface area contributed by atoms with Gasteiger partial charge in [0.1, 0.15) is 19.8 Å². The van der Waals surface area contributed by atoms with Crippen molar-refractivity contribution in [3.63, 3.8) is 0 Å². The molecule has 0 saturated heterocycles. The third kappa shape index (κ3) is 69.4. The summed E-state index contributed by atoms with van der Waals surface area (Å²) in [6.45, 7) is 4.12. The number of likely N-dealkylation sites (N-methyl/N-ethyl adjacent to an activating group) is 1. The fraction of sp³-hybridized carbons (Fsp3) is 0.707. The molecule has 2 unspecified atom stereocenters. The molecule has 0 aliphatic rings. The lowest BCUT2D eigenvalue weighted by Gasteiger charge is -2.28. The van der Waals surface area contributed by atoms with E-state index in [1.807, 2.05) is 21.1 Å². The van der Waals surface area contributed by atoms with Gasteiger partial charge in [0.25, 0.3) is 7.82 Å². The molecule has 0 N–H and O–H groups in total. The molecule has 0 bridgehead atoms. The highest BCUT2D eigenvalue weighted by atomic mass is 31.2. The first kappa shape index (κ1) is 81.4. The molecule has 0 rings (SSSR count). The fourth-order valence-electron chi connectivity index (χ4n) is 9.45. The number of nitrogens with zero attached hydrogens (tertiary/aromatic N) is 1. The molecule has 0 aromatic heterocycles. The standard InChI is InChI=1S/C75H130NO8P/c1-6-8-10-12-14-16-18-20-22-24-26-28-30-32-34-35-36-37-38-39-40-41-42-44-46-48-50-52-54-56-58-60-62-64-66-68-75(78)84-73(72-83-85(79,80)82-70-69-76(3,4)5)71-81-74(77)67-65-63-61-59-57-55-53-51-49-47-45-43-33-31-29-27-25-23-21-19-17-15-13-11-9-7-2/h8,10,14,16,20,22,26,28,32,34,36-37,39-40,42,44,48,50,54,56,73H,6-7,9,11-13,15,17-19,21,23-25,27,29-31,33,35,38,41,43,45-47,49,51-53,55,57-72H2,1-5H3/b10-8-,16-14-,22-20-,28-26-,34-32-,37-36-,40-39-,44-42-,50-48-,56-54-. The average Bonchev–Trinajstić information content (AvgIpc) is 3.51. The zero-order chi connectivity index (χ0) is 61.9. The summed E-state index contributed by atoms with van der Waals surface area (Å²) in [5.74, 6) is -0.859. The van der Waals surface area contributed by atoms with Crippen LogP contribution < -0.4 is 4.89 Å². The van der Waals surface area contributed by atoms with Crippen LogP contribution in [0.25, 0.3) is 0 Å². The first-order valence-electron chi connectivity index (χ1n) is 34.7. The summed E-state index contributed by atoms with van der Waals surface area (Å²) in [4.78, 5) is 38.0. The van der Waals surface area contributed by atoms with Crippen molar-refractivity contribution in [2.24, 2.45) is 0 Å². The van der Waals surface area contributed by atoms with E-state index in [2.05, 4.69) is 135 Å². The summed E-state index contributed by atoms with van der Waals surface area (Å²) in [6, 6.07) is 0. The van der Waals surface area contributed by atoms with E-state index in [1.165, 1.54) is 148 Å². The van der Waals surface area contributed by atoms with E-state index in [4.69, 9.17) is 18.5 Å². The molecular weight excluding hydrogens is 1070 g/mol. The van der Waals surface area contributed by atoms with E-state index in [1.54, 1.807) is 0 Å². The summed E-state index contributed by atoms with van der Waals surface area (Å²) < 4.78 is 34.3. The lowest BCUT2D eigenvalue weighted by atomic mass is 10.0. The lowest BCUT2D eigenvalue weighted by Crippen LogP contribution is -2.37. The maximum absolute atomic E-state index is 12.9. The van der Waals surface area contributed by atoms with Crippen molar-refractivity contribution < 1.29 is 42.1 Å². The number of unbranched alkanes of at least 4 members (excludes halogenated alkanes) is 29. The second kappa shape index (κ2) is 64.9. The third-order valence-electron chi connectivity index (χ3n) is 14.7. The van der Waals surface area contributed by atoms with Crippen molar-refractivity contribution in [2.45, 2.75) is 296 Å². The van der Waals surface area contributed by atoms with Crippen LogP contribution in [-0.4, -0.2) is 70.0 Å². The molecule has 0 radical (unpaired) electrons. The highest BCUT2D eigenvalue weighted by Crippen LogP contribution is 2.38. The van der Waals surface area contributed by atoms with E-state index in [9.17, 15) is 19.0 Å². The Morgan fingerprint density at radius 1 is 0.376 bits per heavy atom. The van der Waals surface area contributed by atoms with Gasteiger partial charge in [-0.2, -0.15) is 0 Å². The summed E-state index contributed by atoms with van der Waals surface area (Å²) in [7, 11) is 1.14. The van der Waals surface area contributed by atoms with Crippen LogP contribution in [0, 0.1) is 0 Å². The molecule has 0 aliphatic heterocycles. The van der Waals surface area contributed by atoms with E-state index in [0.29, 0.717) is 17.4 Å². The number of hydrogen-bond donors (Lipinski definition) is 0. The Hall–Kier alpha value is -3.59. The van der Waals surface area contributed by atoms with Crippen molar-refractivity contribution in [1.82, 2.24) is 0 Å². The largest absolute Gasteiger partial charge is 0.756 e. The molecule has 0 saturated carbocycles. The van der Waals surface area contributed by atoms with Crippen LogP contribution in [-0.2, 0) is 32.7 Å². The smallest absolute Gasteiger partial charge is 0.306 e. The van der Waals surface area contributed by atoms with Crippen molar-refractivity contribution >= 4 is 19.8 Å². The van der Waals surface area contributed by atoms with Crippen molar-refractivity contribution in [2.75, 3.05) is 47.5 Å². The summed E-state index contributed by atoms with van der Waals surface area (Å²) in [6.07, 6.45) is 92.8. The van der Waals surface area contributed by atoms with Crippen LogP contribution in [0.5, 0.6) is 0 Å². The fourth-order valence-corrected chi connectivity index (χ4v) is 10.2. The molecule has 2 atom stereocenters. The first-order chi connectivity index (χ1) is 41.5. The van der Waals surface area contributed by atoms with Crippen LogP contribution in [0.2, 0.25) is 0 Å². The van der Waals surface area contributed by atoms with Gasteiger partial charge in [-0.05, 0) is 89.9 Å². The van der Waals surface area contributed by atoms with Crippen LogP contribution in [0.1, 0.15) is 290 Å². The summed E-state index contributed by atoms with van der Waals surface area (Å²) in [5.41, 5.74) is 0. The number of phosphoric acid groups is 1. The van der Waals surface area contributed by atoms with Gasteiger partial charge in [-0.3, -0.25) is 14.2 Å². The molecular formula is C75H130NO8P. The number of esters is 2. The van der Waals surface area contributed by atoms with Crippen LogP contribution >= 0.6 is 7.82 Å². The number of ether oxygens (including phenoxy) is 2. The minimum absolute atomic E-state index is 0.0409. The van der Waals surface area contributed by atoms with E-state index < -0.39 is 26.5 Å². The van der Waals surface area contributed by atoms with Crippen molar-refractivity contribution in [3.05, 3.63) is 122 Å². The predicted molar refractivity (Wildman–Crippen MR) is 365 cm³/mol. The third-order valence-corrected chi connectivity index (χ3v) is 15.7. The highest BCUT2D eigenvalue weighted by Gasteiger charge is 2.22. The normalized spacial score (nSPS) is 13.9. The number of phosphoric ester groups is 1. The van der Waals surface area contributed by atoms with E-state index in [-0.39, 0.29) is 32.0 Å². The van der Waals surface area contributed by atoms with E-state index in [0.717, 1.165) is 109 Å². The first-order valence-corrected chi connectivity index (χ1v) is 36.2. The molecule has 488 valence electrons. The van der Waals surface area contributed by atoms with Gasteiger partial charge < -0.3 is 27.9 Å². The molecule has 0 aromatic carbocycles. The zero-order valence-electron chi connectivity index (χ0n) is 55.5. The average molecular weight is 1200 g/mol. The molecule has 0 heterocycles. The summed E-state index contributed by atoms with van der Waals surface area (Å²) in [5, 5.41) is 0. The second-order valence-electron chi connectivity index (χ2n) is 24.2. The quantitative estimate of drug-likeness (QED) is 0.0195. The van der Waals surface area contributed by atoms with Gasteiger partial charge in [0.2, 0.25) is 0 Å². The Morgan fingerprint density at radius 3 is 1.00 bits per heavy atom. The van der Waals surface area contributed by atoms with Gasteiger partial charge in [0.05, 0.1) is 27.7 Å². The predicted octanol–water partition coefficient (Wildman–Crippen LogP) is 22.0. The lowest BCUT2D eigenvalue weighted by molar-refractivity contribution is -0.870. The number of carbonyl (C=O) groups excluding carboxylic acids is 2. The topological polar surface area (TPSA) is 111 Å². The van der Waals surface area contributed by atoms with Gasteiger partial charge in [0.15, 0.2) is 6.10 Å². The number of hydrogen-bond acceptors (Lipinski definition) is 8. The van der Waals surface area contributed by atoms with Crippen LogP contribution in [0.15, 0.2) is 122 Å². The van der Waals surface area contributed by atoms with Crippen molar-refractivity contribution in [3.8, 4) is 0 Å². The van der Waals surface area contributed by atoms with Gasteiger partial charge in [0, 0.05) is 12.8 Å². The van der Waals surface area contributed by atoms with Crippen LogP contribution in [0.3, 0.4) is 0 Å². The second-order valence-corrected chi connectivity index (χ2v) is 25.6. The maximum Gasteiger partial charge on any atom is 0.306 e. The number of carbonyl (C=O) groups is 2. The Kier molecular flexibility index (Phi) is 62.1. The Bertz CT molecular complexity index is 1850. The minimum atomic E-state index is -4.66. The zero-order valence-corrected chi connectivity index (χ0v) is 56.4. The Labute approximate surface area is 524 Å². The number of allylic oxidation sites excluding steroid dienone is 20. The van der Waals surface area contributed by atoms with Gasteiger partial charge >= 0.3 is 11.9 Å². The molecule has 10 heteroatoms. The summed E-state index contributed by atoms with van der Waals surface area (Å²) >= 11 is 0. The molecule has 85 heavy (non-hydrogen) atoms. The molecule has 0 fully saturated rings. The van der Waals surface area contributed by atoms with E-state index >= 15 is 0 Å². The number of rotatable bonds is 63. The molecule has 0 amide bonds. The molecule has 0 aliphatic carbocycles. The van der Waals surface area contributed by atoms with Crippen molar-refractivity contribution in [1.29, 1.82) is 0 Å². The molecule has 9 nitrogen and oxygen atoms in total. The highest BCUT2D eigenvalue weighted by molar-refractivity contribution is 7.45. The van der Waals surface area contributed by atoms with Crippen LogP contribution in [0.4, 0.5) is 0 Å². The Morgan fingerprint density at radius 2 is 0.671 bits per heavy atom. The molecule has 0 aromatic rings. The SMILES string of the molecule is CC/C=C\C/C=C\C/C=C\C/C=C\C/C=C\C/C=C\C/C=C\C/C=C\C/C=C\C/C=C\CCCCCCC(=O)OC(COC(=O)CCCCCCCCCCCCCCCCCCCCCCCCCCCC)COP(=O)([O-])OCC[N+](C)(C)C. The van der Waals surface area contributed by atoms with Gasteiger partial charge in [-0.25, -0.2) is 0 Å².